The lowest BCUT2D eigenvalue weighted by atomic mass is 9.94. The number of benzene rings is 1. The Kier molecular flexibility index (Phi) is 3.99. The molecule has 2 rings (SSSR count). The molecule has 0 radical (unpaired) electrons. The molecule has 1 aliphatic rings. The van der Waals surface area contributed by atoms with Gasteiger partial charge in [-0.3, -0.25) is 4.79 Å². The van der Waals surface area contributed by atoms with Crippen LogP contribution >= 0.6 is 27.5 Å². The summed E-state index contributed by atoms with van der Waals surface area (Å²) in [6, 6.07) is 5.16. The third kappa shape index (κ3) is 2.87. The van der Waals surface area contributed by atoms with Gasteiger partial charge in [-0.05, 0) is 38.5 Å². The monoisotopic (exact) mass is 331 g/mol. The van der Waals surface area contributed by atoms with Crippen LogP contribution < -0.4 is 5.32 Å². The smallest absolute Gasteiger partial charge is 0.251 e. The van der Waals surface area contributed by atoms with Gasteiger partial charge in [-0.2, -0.15) is 0 Å². The average molecular weight is 333 g/mol. The molecular weight excluding hydrogens is 318 g/mol. The molecule has 0 saturated carbocycles. The average Bonchev–Trinajstić information content (AvgIpc) is 2.57. The molecule has 1 saturated heterocycles. The van der Waals surface area contributed by atoms with Crippen LogP contribution in [0.4, 0.5) is 0 Å². The van der Waals surface area contributed by atoms with E-state index in [1.54, 1.807) is 18.2 Å². The van der Waals surface area contributed by atoms with Crippen LogP contribution in [0, 0.1) is 0 Å². The van der Waals surface area contributed by atoms with Crippen molar-refractivity contribution in [2.75, 3.05) is 6.61 Å². The first-order chi connectivity index (χ1) is 8.40. The number of rotatable bonds is 2. The van der Waals surface area contributed by atoms with Crippen molar-refractivity contribution in [3.63, 3.8) is 0 Å². The maximum absolute atomic E-state index is 12.2. The van der Waals surface area contributed by atoms with E-state index < -0.39 is 0 Å². The highest BCUT2D eigenvalue weighted by Crippen LogP contribution is 2.26. The summed E-state index contributed by atoms with van der Waals surface area (Å²) in [7, 11) is 0. The maximum Gasteiger partial charge on any atom is 0.251 e. The normalized spacial score (nSPS) is 27.2. The fourth-order valence-corrected chi connectivity index (χ4v) is 2.88. The third-order valence-corrected chi connectivity index (χ3v) is 4.09. The Bertz CT molecular complexity index is 460. The van der Waals surface area contributed by atoms with Gasteiger partial charge in [0.15, 0.2) is 0 Å². The van der Waals surface area contributed by atoms with Gasteiger partial charge < -0.3 is 10.1 Å². The summed E-state index contributed by atoms with van der Waals surface area (Å²) in [4.78, 5) is 12.2. The zero-order chi connectivity index (χ0) is 13.3. The minimum atomic E-state index is -0.314. The fourth-order valence-electron chi connectivity index (χ4n) is 2.02. The van der Waals surface area contributed by atoms with Gasteiger partial charge in [0.25, 0.3) is 5.91 Å². The van der Waals surface area contributed by atoms with E-state index in [2.05, 4.69) is 21.2 Å². The van der Waals surface area contributed by atoms with Gasteiger partial charge in [-0.1, -0.05) is 27.5 Å². The van der Waals surface area contributed by atoms with Gasteiger partial charge in [0.2, 0.25) is 0 Å². The zero-order valence-corrected chi connectivity index (χ0v) is 12.6. The van der Waals surface area contributed by atoms with Crippen molar-refractivity contribution in [1.82, 2.24) is 5.32 Å². The van der Waals surface area contributed by atoms with E-state index in [9.17, 15) is 4.79 Å². The van der Waals surface area contributed by atoms with Crippen LogP contribution in [0.25, 0.3) is 0 Å². The van der Waals surface area contributed by atoms with E-state index in [1.165, 1.54) is 0 Å². The second kappa shape index (κ2) is 5.19. The Morgan fingerprint density at radius 2 is 2.28 bits per heavy atom. The Hall–Kier alpha value is -0.580. The highest BCUT2D eigenvalue weighted by atomic mass is 79.9. The Labute approximate surface area is 120 Å². The van der Waals surface area contributed by atoms with Crippen LogP contribution in [0.15, 0.2) is 22.7 Å². The van der Waals surface area contributed by atoms with Crippen LogP contribution in [0.3, 0.4) is 0 Å². The van der Waals surface area contributed by atoms with Gasteiger partial charge in [-0.25, -0.2) is 0 Å². The molecule has 1 aromatic carbocycles. The number of nitrogens with one attached hydrogen (secondary N) is 1. The number of halogens is 2. The first-order valence-corrected chi connectivity index (χ1v) is 6.98. The van der Waals surface area contributed by atoms with E-state index in [0.29, 0.717) is 17.2 Å². The molecule has 1 aliphatic heterocycles. The summed E-state index contributed by atoms with van der Waals surface area (Å²) in [5.74, 6) is -0.127. The second-order valence-corrected chi connectivity index (χ2v) is 6.14. The number of amides is 1. The standard InChI is InChI=1S/C13H15BrClNO2/c1-8-13(2,3-4-18-8)16-12(17)9-5-10(14)7-11(15)6-9/h5-8H,3-4H2,1-2H3,(H,16,17). The molecule has 0 bridgehead atoms. The molecule has 0 aliphatic carbocycles. The summed E-state index contributed by atoms with van der Waals surface area (Å²) in [6.45, 7) is 4.65. The SMILES string of the molecule is CC1OCCC1(C)NC(=O)c1cc(Cl)cc(Br)c1. The van der Waals surface area contributed by atoms with Gasteiger partial charge in [0.05, 0.1) is 11.6 Å². The molecule has 98 valence electrons. The molecule has 18 heavy (non-hydrogen) atoms. The lowest BCUT2D eigenvalue weighted by Crippen LogP contribution is -2.50. The molecule has 0 aromatic heterocycles. The largest absolute Gasteiger partial charge is 0.376 e. The molecule has 1 heterocycles. The van der Waals surface area contributed by atoms with Crippen molar-refractivity contribution in [3.8, 4) is 0 Å². The lowest BCUT2D eigenvalue weighted by Gasteiger charge is -2.28. The minimum Gasteiger partial charge on any atom is -0.376 e. The van der Waals surface area contributed by atoms with Crippen molar-refractivity contribution < 1.29 is 9.53 Å². The van der Waals surface area contributed by atoms with Gasteiger partial charge >= 0.3 is 0 Å². The number of ether oxygens (including phenoxy) is 1. The molecular formula is C13H15BrClNO2. The topological polar surface area (TPSA) is 38.3 Å². The van der Waals surface area contributed by atoms with Crippen molar-refractivity contribution in [1.29, 1.82) is 0 Å². The van der Waals surface area contributed by atoms with Crippen LogP contribution in [-0.4, -0.2) is 24.2 Å². The summed E-state index contributed by atoms with van der Waals surface area (Å²) >= 11 is 9.27. The summed E-state index contributed by atoms with van der Waals surface area (Å²) in [5, 5.41) is 3.57. The molecule has 0 spiro atoms. The molecule has 1 aromatic rings. The molecule has 2 unspecified atom stereocenters. The molecule has 3 nitrogen and oxygen atoms in total. The van der Waals surface area contributed by atoms with Crippen LogP contribution in [0.5, 0.6) is 0 Å². The van der Waals surface area contributed by atoms with E-state index in [4.69, 9.17) is 16.3 Å². The van der Waals surface area contributed by atoms with Crippen molar-refractivity contribution in [2.45, 2.75) is 31.9 Å². The third-order valence-electron chi connectivity index (χ3n) is 3.41. The van der Waals surface area contributed by atoms with E-state index in [1.807, 2.05) is 13.8 Å². The van der Waals surface area contributed by atoms with Crippen molar-refractivity contribution in [3.05, 3.63) is 33.3 Å². The van der Waals surface area contributed by atoms with E-state index in [-0.39, 0.29) is 17.6 Å². The highest BCUT2D eigenvalue weighted by molar-refractivity contribution is 9.10. The maximum atomic E-state index is 12.2. The Balaban J connectivity index is 2.17. The Morgan fingerprint density at radius 3 is 2.83 bits per heavy atom. The summed E-state index contributed by atoms with van der Waals surface area (Å²) in [6.07, 6.45) is 0.839. The molecule has 1 amide bonds. The van der Waals surface area contributed by atoms with Gasteiger partial charge in [0, 0.05) is 21.7 Å². The second-order valence-electron chi connectivity index (χ2n) is 4.79. The predicted octanol–water partition coefficient (Wildman–Crippen LogP) is 3.40. The van der Waals surface area contributed by atoms with Crippen molar-refractivity contribution >= 4 is 33.4 Å². The number of carbonyl (C=O) groups excluding carboxylic acids is 1. The highest BCUT2D eigenvalue weighted by Gasteiger charge is 2.38. The predicted molar refractivity (Wildman–Crippen MR) is 75.1 cm³/mol. The zero-order valence-electron chi connectivity index (χ0n) is 10.3. The van der Waals surface area contributed by atoms with E-state index in [0.717, 1.165) is 10.9 Å². The van der Waals surface area contributed by atoms with Crippen LogP contribution in [0.2, 0.25) is 5.02 Å². The quantitative estimate of drug-likeness (QED) is 0.901. The summed E-state index contributed by atoms with van der Waals surface area (Å²) in [5.41, 5.74) is 0.237. The lowest BCUT2D eigenvalue weighted by molar-refractivity contribution is 0.0727. The van der Waals surface area contributed by atoms with E-state index >= 15 is 0 Å². The van der Waals surface area contributed by atoms with Crippen molar-refractivity contribution in [2.24, 2.45) is 0 Å². The minimum absolute atomic E-state index is 0.0177. The first kappa shape index (κ1) is 13.8. The molecule has 5 heteroatoms. The van der Waals surface area contributed by atoms with Gasteiger partial charge in [0.1, 0.15) is 0 Å². The Morgan fingerprint density at radius 1 is 1.56 bits per heavy atom. The van der Waals surface area contributed by atoms with Crippen LogP contribution in [-0.2, 0) is 4.74 Å². The molecule has 2 atom stereocenters. The number of hydrogen-bond donors (Lipinski definition) is 1. The van der Waals surface area contributed by atoms with Crippen LogP contribution in [0.1, 0.15) is 30.6 Å². The number of carbonyl (C=O) groups is 1. The van der Waals surface area contributed by atoms with Gasteiger partial charge in [-0.15, -0.1) is 0 Å². The molecule has 1 N–H and O–H groups in total. The fraction of sp³-hybridized carbons (Fsp3) is 0.462. The number of hydrogen-bond acceptors (Lipinski definition) is 2. The summed E-state index contributed by atoms with van der Waals surface area (Å²) < 4.78 is 6.30. The first-order valence-electron chi connectivity index (χ1n) is 5.81. The molecule has 1 fully saturated rings.